The zero-order valence-electron chi connectivity index (χ0n) is 44.0. The van der Waals surface area contributed by atoms with Crippen molar-refractivity contribution >= 4 is 72.9 Å². The fourth-order valence-electron chi connectivity index (χ4n) is 13.9. The minimum absolute atomic E-state index is 0.0132. The molecule has 4 aliphatic carbocycles. The van der Waals surface area contributed by atoms with Gasteiger partial charge in [-0.05, 0) is 194 Å². The Kier molecular flexibility index (Phi) is 9.56. The second-order valence-corrected chi connectivity index (χ2v) is 28.2. The third kappa shape index (κ3) is 6.59. The number of hydrogen-bond donors (Lipinski definition) is 0. The maximum absolute atomic E-state index is 4.52. The molecule has 4 aromatic carbocycles. The van der Waals surface area contributed by atoms with Crippen molar-refractivity contribution in [1.82, 2.24) is 0 Å². The Morgan fingerprint density at radius 1 is 0.642 bits per heavy atom. The molecule has 67 heavy (non-hydrogen) atoms. The van der Waals surface area contributed by atoms with Crippen molar-refractivity contribution < 1.29 is 0 Å². The van der Waals surface area contributed by atoms with E-state index >= 15 is 0 Å². The van der Waals surface area contributed by atoms with Crippen LogP contribution in [0.15, 0.2) is 90.1 Å². The zero-order valence-corrected chi connectivity index (χ0v) is 44.9. The summed E-state index contributed by atoms with van der Waals surface area (Å²) in [5.74, 6) is 0.478. The van der Waals surface area contributed by atoms with Crippen LogP contribution in [0.1, 0.15) is 188 Å². The van der Waals surface area contributed by atoms with Gasteiger partial charge in [0.05, 0.1) is 11.4 Å². The molecular weight excluding hydrogens is 828 g/mol. The van der Waals surface area contributed by atoms with Crippen LogP contribution in [0, 0.1) is 23.7 Å². The zero-order chi connectivity index (χ0) is 47.9. The van der Waals surface area contributed by atoms with Gasteiger partial charge in [0.25, 0.3) is 6.71 Å². The molecule has 0 N–H and O–H groups in total. The van der Waals surface area contributed by atoms with E-state index in [0.717, 1.165) is 6.42 Å². The molecule has 4 heteroatoms. The minimum atomic E-state index is 0.0132. The summed E-state index contributed by atoms with van der Waals surface area (Å²) in [6.45, 7) is 44.0. The number of anilines is 5. The van der Waals surface area contributed by atoms with Crippen molar-refractivity contribution in [3.05, 3.63) is 129 Å². The van der Waals surface area contributed by atoms with E-state index < -0.39 is 0 Å². The average Bonchev–Trinajstić information content (AvgIpc) is 3.62. The van der Waals surface area contributed by atoms with Gasteiger partial charge in [-0.1, -0.05) is 140 Å². The van der Waals surface area contributed by atoms with Crippen LogP contribution >= 0.6 is 11.3 Å². The van der Waals surface area contributed by atoms with E-state index in [0.29, 0.717) is 5.92 Å². The molecule has 0 spiro atoms. The Morgan fingerprint density at radius 3 is 1.85 bits per heavy atom. The first-order valence-corrected chi connectivity index (χ1v) is 26.7. The van der Waals surface area contributed by atoms with Crippen molar-refractivity contribution in [2.45, 2.75) is 183 Å². The van der Waals surface area contributed by atoms with Crippen LogP contribution in [0.3, 0.4) is 0 Å². The van der Waals surface area contributed by atoms with Crippen molar-refractivity contribution in [2.75, 3.05) is 9.80 Å². The van der Waals surface area contributed by atoms with Crippen LogP contribution in [-0.4, -0.2) is 6.71 Å². The Bertz CT molecular complexity index is 3040. The molecule has 11 rings (SSSR count). The van der Waals surface area contributed by atoms with Crippen LogP contribution in [-0.2, 0) is 27.1 Å². The minimum Gasteiger partial charge on any atom is -0.315 e. The maximum Gasteiger partial charge on any atom is 0.264 e. The summed E-state index contributed by atoms with van der Waals surface area (Å²) < 4.78 is 2.91. The van der Waals surface area contributed by atoms with E-state index in [4.69, 9.17) is 0 Å². The normalized spacial score (nSPS) is 23.4. The molecule has 348 valence electrons. The first-order chi connectivity index (χ1) is 31.1. The monoisotopic (exact) mass is 905 g/mol. The molecule has 1 fully saturated rings. The standard InChI is InChI=1S/C63H77BN2S/c1-18-38-31-39(57(3,4)5)19-22-49(38)66-52-30-37(2)29-51-54(52)64(56-55(66)41-33-44-47(36-53(41)67-56)63(16,17)28-25-60(44,10)11)48-34-45-46(62(14,15)27-26-61(45,12)13)35-50(48)65(51)40-20-21-42-43(32-40)59(8,9)24-23-58(42,6)7/h18-22,29-34,36,46H,1,23-28,35H2,2-17H3. The first-order valence-electron chi connectivity index (χ1n) is 25.9. The van der Waals surface area contributed by atoms with E-state index in [1.807, 2.05) is 0 Å². The molecule has 2 nitrogen and oxygen atoms in total. The number of aryl methyl sites for hydroxylation is 1. The molecule has 1 aromatic heterocycles. The highest BCUT2D eigenvalue weighted by atomic mass is 32.1. The van der Waals surface area contributed by atoms with E-state index in [1.54, 1.807) is 11.1 Å². The van der Waals surface area contributed by atoms with Gasteiger partial charge in [0.1, 0.15) is 0 Å². The number of nitrogens with zero attached hydrogens (tertiary/aromatic N) is 2. The van der Waals surface area contributed by atoms with Gasteiger partial charge < -0.3 is 9.80 Å². The Labute approximate surface area is 409 Å². The van der Waals surface area contributed by atoms with Gasteiger partial charge in [0.2, 0.25) is 0 Å². The highest BCUT2D eigenvalue weighted by Crippen LogP contribution is 2.60. The molecule has 2 aliphatic heterocycles. The second-order valence-electron chi connectivity index (χ2n) is 27.2. The summed E-state index contributed by atoms with van der Waals surface area (Å²) in [4.78, 5) is 5.50. The first kappa shape index (κ1) is 45.2. The summed E-state index contributed by atoms with van der Waals surface area (Å²) >= 11 is 2.09. The smallest absolute Gasteiger partial charge is 0.264 e. The van der Waals surface area contributed by atoms with Gasteiger partial charge in [-0.2, -0.15) is 0 Å². The van der Waals surface area contributed by atoms with Crippen molar-refractivity contribution in [3.8, 4) is 0 Å². The number of allylic oxidation sites excluding steroid dienone is 4. The Balaban J connectivity index is 1.27. The lowest BCUT2D eigenvalue weighted by atomic mass is 9.34. The lowest BCUT2D eigenvalue weighted by Gasteiger charge is -2.53. The molecule has 3 heterocycles. The largest absolute Gasteiger partial charge is 0.315 e. The van der Waals surface area contributed by atoms with E-state index in [9.17, 15) is 0 Å². The molecule has 5 aromatic rings. The van der Waals surface area contributed by atoms with Crippen LogP contribution in [0.4, 0.5) is 28.4 Å². The van der Waals surface area contributed by atoms with E-state index in [-0.39, 0.29) is 44.6 Å². The quantitative estimate of drug-likeness (QED) is 0.167. The van der Waals surface area contributed by atoms with Crippen molar-refractivity contribution in [1.29, 1.82) is 0 Å². The lowest BCUT2D eigenvalue weighted by Crippen LogP contribution is -2.56. The summed E-state index contributed by atoms with van der Waals surface area (Å²) in [5, 5.41) is 1.40. The van der Waals surface area contributed by atoms with Crippen LogP contribution in [0.2, 0.25) is 0 Å². The fourth-order valence-corrected chi connectivity index (χ4v) is 15.3. The molecule has 1 atom stereocenters. The van der Waals surface area contributed by atoms with Gasteiger partial charge in [-0.15, -0.1) is 11.3 Å². The Hall–Kier alpha value is -4.28. The van der Waals surface area contributed by atoms with Gasteiger partial charge in [0, 0.05) is 37.6 Å². The molecule has 0 saturated heterocycles. The van der Waals surface area contributed by atoms with Crippen molar-refractivity contribution in [3.63, 3.8) is 0 Å². The molecule has 6 aliphatic rings. The highest BCUT2D eigenvalue weighted by Gasteiger charge is 2.53. The molecule has 0 radical (unpaired) electrons. The van der Waals surface area contributed by atoms with Crippen LogP contribution in [0.5, 0.6) is 0 Å². The topological polar surface area (TPSA) is 6.48 Å². The van der Waals surface area contributed by atoms with Crippen LogP contribution in [0.25, 0.3) is 16.2 Å². The lowest BCUT2D eigenvalue weighted by molar-refractivity contribution is 0.121. The van der Waals surface area contributed by atoms with Gasteiger partial charge in [0.15, 0.2) is 0 Å². The summed E-state index contributed by atoms with van der Waals surface area (Å²) in [7, 11) is 0. The fraction of sp³-hybridized carbons (Fsp3) is 0.492. The molecule has 1 unspecified atom stereocenters. The predicted molar refractivity (Wildman–Crippen MR) is 294 cm³/mol. The van der Waals surface area contributed by atoms with Gasteiger partial charge >= 0.3 is 0 Å². The second kappa shape index (κ2) is 14.2. The van der Waals surface area contributed by atoms with Crippen molar-refractivity contribution in [2.24, 2.45) is 16.7 Å². The molecular formula is C63H77BN2S. The average molecular weight is 905 g/mol. The molecule has 1 saturated carbocycles. The number of fused-ring (bicyclic) bond motifs is 8. The Morgan fingerprint density at radius 2 is 1.22 bits per heavy atom. The summed E-state index contributed by atoms with van der Waals surface area (Å²) in [6, 6.07) is 25.3. The maximum atomic E-state index is 4.52. The number of hydrogen-bond acceptors (Lipinski definition) is 3. The number of benzene rings is 4. The molecule has 0 amide bonds. The van der Waals surface area contributed by atoms with Gasteiger partial charge in [-0.3, -0.25) is 0 Å². The summed E-state index contributed by atoms with van der Waals surface area (Å²) in [5.41, 5.74) is 23.5. The predicted octanol–water partition coefficient (Wildman–Crippen LogP) is 17.0. The van der Waals surface area contributed by atoms with E-state index in [1.165, 1.54) is 132 Å². The number of thiophene rings is 1. The summed E-state index contributed by atoms with van der Waals surface area (Å²) in [6.07, 6.45) is 13.3. The third-order valence-corrected chi connectivity index (χ3v) is 20.0. The third-order valence-electron chi connectivity index (χ3n) is 18.8. The van der Waals surface area contributed by atoms with Gasteiger partial charge in [-0.25, -0.2) is 0 Å². The SMILES string of the molecule is C=Cc1cc(C(C)(C)C)ccc1N1c2cc(C)cc3c2B(C2=C(CC4C(=C2)C(C)(C)CCC4(C)C)N3c2ccc3c(c2)C(C)(C)CCC3(C)C)c2sc3cc4c(cc3c21)C(C)(C)CCC4(C)C. The molecule has 0 bridgehead atoms. The van der Waals surface area contributed by atoms with E-state index in [2.05, 4.69) is 211 Å². The highest BCUT2D eigenvalue weighted by molar-refractivity contribution is 7.33. The number of rotatable bonds is 3. The van der Waals surface area contributed by atoms with Crippen LogP contribution < -0.4 is 20.0 Å².